The van der Waals surface area contributed by atoms with Crippen LogP contribution in [-0.2, 0) is 5.41 Å². The molecule has 0 aromatic heterocycles. The summed E-state index contributed by atoms with van der Waals surface area (Å²) in [6.07, 6.45) is 0. The molecule has 0 atom stereocenters. The van der Waals surface area contributed by atoms with E-state index in [1.807, 2.05) is 0 Å². The van der Waals surface area contributed by atoms with Gasteiger partial charge in [-0.25, -0.2) is 0 Å². The Hall–Kier alpha value is -6.24. The van der Waals surface area contributed by atoms with Crippen molar-refractivity contribution in [1.82, 2.24) is 0 Å². The van der Waals surface area contributed by atoms with Crippen LogP contribution in [0.1, 0.15) is 26.3 Å². The zero-order chi connectivity index (χ0) is 35.0. The minimum Gasteiger partial charge on any atom is -0.0616 e. The van der Waals surface area contributed by atoms with Crippen molar-refractivity contribution in [2.45, 2.75) is 26.2 Å². The van der Waals surface area contributed by atoms with E-state index in [1.54, 1.807) is 0 Å². The van der Waals surface area contributed by atoms with E-state index >= 15 is 0 Å². The monoisotopic (exact) mass is 662 g/mol. The molecule has 0 amide bonds. The number of benzene rings is 10. The predicted molar refractivity (Wildman–Crippen MR) is 226 cm³/mol. The van der Waals surface area contributed by atoms with Crippen LogP contribution in [0, 0.1) is 0 Å². The minimum atomic E-state index is 0.0940. The van der Waals surface area contributed by atoms with Crippen molar-refractivity contribution in [2.24, 2.45) is 0 Å². The molecule has 0 heterocycles. The highest BCUT2D eigenvalue weighted by molar-refractivity contribution is 6.24. The Morgan fingerprint density at radius 1 is 0.269 bits per heavy atom. The van der Waals surface area contributed by atoms with E-state index in [9.17, 15) is 0 Å². The summed E-state index contributed by atoms with van der Waals surface area (Å²) in [5.74, 6) is 0. The molecule has 0 N–H and O–H groups in total. The maximum absolute atomic E-state index is 2.45. The van der Waals surface area contributed by atoms with Crippen LogP contribution in [0.3, 0.4) is 0 Å². The molecule has 0 aliphatic carbocycles. The van der Waals surface area contributed by atoms with Gasteiger partial charge >= 0.3 is 0 Å². The summed E-state index contributed by atoms with van der Waals surface area (Å²) in [5.41, 5.74) is 8.92. The first-order valence-corrected chi connectivity index (χ1v) is 18.3. The molecule has 0 radical (unpaired) electrons. The van der Waals surface area contributed by atoms with Crippen molar-refractivity contribution in [1.29, 1.82) is 0 Å². The smallest absolute Gasteiger partial charge is 0.00921 e. The van der Waals surface area contributed by atoms with Crippen molar-refractivity contribution in [3.8, 4) is 33.4 Å². The van der Waals surface area contributed by atoms with Crippen molar-refractivity contribution in [3.05, 3.63) is 181 Å². The van der Waals surface area contributed by atoms with Crippen LogP contribution in [-0.4, -0.2) is 0 Å². The molecule has 0 fully saturated rings. The summed E-state index contributed by atoms with van der Waals surface area (Å²) in [5, 5.41) is 15.2. The van der Waals surface area contributed by atoms with Gasteiger partial charge in [0.1, 0.15) is 0 Å². The molecule has 0 unspecified atom stereocenters. The third-order valence-electron chi connectivity index (χ3n) is 11.1. The van der Waals surface area contributed by atoms with Crippen LogP contribution in [0.5, 0.6) is 0 Å². The van der Waals surface area contributed by atoms with Crippen LogP contribution in [0.2, 0.25) is 0 Å². The molecule has 0 heteroatoms. The van der Waals surface area contributed by atoms with Gasteiger partial charge in [-0.2, -0.15) is 0 Å². The molecule has 0 bridgehead atoms. The first-order valence-electron chi connectivity index (χ1n) is 18.3. The van der Waals surface area contributed by atoms with E-state index in [0.717, 1.165) is 0 Å². The summed E-state index contributed by atoms with van der Waals surface area (Å²) in [6, 6.07) is 65.9. The summed E-state index contributed by atoms with van der Waals surface area (Å²) >= 11 is 0. The van der Waals surface area contributed by atoms with Crippen LogP contribution >= 0.6 is 0 Å². The number of hydrogen-bond donors (Lipinski definition) is 0. The summed E-state index contributed by atoms with van der Waals surface area (Å²) in [4.78, 5) is 0. The molecule has 0 spiro atoms. The van der Waals surface area contributed by atoms with E-state index < -0.39 is 0 Å². The van der Waals surface area contributed by atoms with Gasteiger partial charge in [0.2, 0.25) is 0 Å². The van der Waals surface area contributed by atoms with Crippen LogP contribution in [0.15, 0.2) is 176 Å². The predicted octanol–water partition coefficient (Wildman–Crippen LogP) is 14.9. The summed E-state index contributed by atoms with van der Waals surface area (Å²) in [7, 11) is 0. The van der Waals surface area contributed by atoms with Gasteiger partial charge in [0.05, 0.1) is 0 Å². The fraction of sp³-hybridized carbons (Fsp3) is 0.0769. The Balaban J connectivity index is 1.27. The zero-order valence-corrected chi connectivity index (χ0v) is 29.7. The molecular formula is C52H38. The fourth-order valence-electron chi connectivity index (χ4n) is 8.26. The lowest BCUT2D eigenvalue weighted by molar-refractivity contribution is 0.591. The second-order valence-electron chi connectivity index (χ2n) is 15.4. The van der Waals surface area contributed by atoms with Crippen molar-refractivity contribution in [2.75, 3.05) is 0 Å². The molecular weight excluding hydrogens is 625 g/mol. The van der Waals surface area contributed by atoms with Gasteiger partial charge in [-0.15, -0.1) is 0 Å². The molecule has 10 rings (SSSR count). The van der Waals surface area contributed by atoms with Crippen molar-refractivity contribution < 1.29 is 0 Å². The number of hydrogen-bond acceptors (Lipinski definition) is 0. The Bertz CT molecular complexity index is 3040. The summed E-state index contributed by atoms with van der Waals surface area (Å²) in [6.45, 7) is 6.86. The second-order valence-corrected chi connectivity index (χ2v) is 15.4. The van der Waals surface area contributed by atoms with Gasteiger partial charge < -0.3 is 0 Å². The molecule has 0 saturated carbocycles. The Morgan fingerprint density at radius 2 is 0.692 bits per heavy atom. The maximum Gasteiger partial charge on any atom is -0.00921 e. The Morgan fingerprint density at radius 3 is 1.33 bits per heavy atom. The van der Waals surface area contributed by atoms with Crippen molar-refractivity contribution >= 4 is 64.6 Å². The third kappa shape index (κ3) is 5.06. The van der Waals surface area contributed by atoms with Crippen molar-refractivity contribution in [3.63, 3.8) is 0 Å². The Kier molecular flexibility index (Phi) is 6.85. The van der Waals surface area contributed by atoms with Crippen LogP contribution in [0.4, 0.5) is 0 Å². The van der Waals surface area contributed by atoms with Crippen LogP contribution in [0.25, 0.3) is 98.0 Å². The van der Waals surface area contributed by atoms with E-state index in [-0.39, 0.29) is 5.41 Å². The lowest BCUT2D eigenvalue weighted by Gasteiger charge is -2.20. The van der Waals surface area contributed by atoms with Gasteiger partial charge in [0.25, 0.3) is 0 Å². The largest absolute Gasteiger partial charge is 0.0616 e. The normalized spacial score (nSPS) is 12.1. The summed E-state index contributed by atoms with van der Waals surface area (Å²) < 4.78 is 0. The van der Waals surface area contributed by atoms with E-state index in [0.29, 0.717) is 0 Å². The van der Waals surface area contributed by atoms with E-state index in [1.165, 1.54) is 104 Å². The van der Waals surface area contributed by atoms with Crippen LogP contribution < -0.4 is 0 Å². The van der Waals surface area contributed by atoms with Gasteiger partial charge in [0, 0.05) is 0 Å². The third-order valence-corrected chi connectivity index (χ3v) is 11.1. The van der Waals surface area contributed by atoms with Gasteiger partial charge in [0.15, 0.2) is 0 Å². The number of fused-ring (bicyclic) bond motifs is 8. The van der Waals surface area contributed by atoms with Gasteiger partial charge in [-0.3, -0.25) is 0 Å². The minimum absolute atomic E-state index is 0.0940. The first kappa shape index (κ1) is 30.6. The molecule has 246 valence electrons. The molecule has 0 aliphatic rings. The highest BCUT2D eigenvalue weighted by Gasteiger charge is 2.17. The molecule has 0 nitrogen and oxygen atoms in total. The second kappa shape index (κ2) is 11.7. The zero-order valence-electron chi connectivity index (χ0n) is 29.7. The average molecular weight is 663 g/mol. The highest BCUT2D eigenvalue weighted by Crippen LogP contribution is 2.44. The fourth-order valence-corrected chi connectivity index (χ4v) is 8.26. The average Bonchev–Trinajstić information content (AvgIpc) is 3.19. The first-order chi connectivity index (χ1) is 25.4. The Labute approximate surface area is 304 Å². The standard InChI is InChI=1S/C52H38/c1-52(2,3)43-24-22-35-16-19-38(28-42(35)29-43)39-23-25-46-48(41-21-18-34-11-5-7-13-37(34)27-41)31-50-45-15-9-8-14-44(45)47(32-51(50)49(46)30-39)40-20-17-33-10-4-6-12-36(33)26-40/h4-32H,1-3H3. The quantitative estimate of drug-likeness (QED) is 0.165. The van der Waals surface area contributed by atoms with Gasteiger partial charge in [-0.1, -0.05) is 160 Å². The lowest BCUT2D eigenvalue weighted by Crippen LogP contribution is -2.10. The SMILES string of the molecule is CC(C)(C)c1ccc2ccc(-c3ccc4c(-c5ccc6ccccc6c5)cc5c6ccccc6c(-c6ccc7ccccc7c6)cc5c4c3)cc2c1. The molecule has 10 aromatic carbocycles. The molecule has 0 saturated heterocycles. The maximum atomic E-state index is 2.45. The lowest BCUT2D eigenvalue weighted by atomic mass is 9.85. The van der Waals surface area contributed by atoms with E-state index in [4.69, 9.17) is 0 Å². The topological polar surface area (TPSA) is 0 Å². The highest BCUT2D eigenvalue weighted by atomic mass is 14.2. The number of rotatable bonds is 3. The molecule has 0 aliphatic heterocycles. The molecule has 52 heavy (non-hydrogen) atoms. The molecule has 10 aromatic rings. The van der Waals surface area contributed by atoms with E-state index in [2.05, 4.69) is 197 Å². The van der Waals surface area contributed by atoms with Gasteiger partial charge in [-0.05, 0) is 145 Å².